The van der Waals surface area contributed by atoms with E-state index in [1.807, 2.05) is 24.0 Å². The maximum absolute atomic E-state index is 12.7. The van der Waals surface area contributed by atoms with Crippen molar-refractivity contribution >= 4 is 16.8 Å². The second-order valence-electron chi connectivity index (χ2n) is 8.81. The molecule has 2 heterocycles. The minimum Gasteiger partial charge on any atom is -0.343 e. The van der Waals surface area contributed by atoms with E-state index in [0.717, 1.165) is 43.4 Å². The molecule has 0 bridgehead atoms. The van der Waals surface area contributed by atoms with Gasteiger partial charge in [-0.25, -0.2) is 4.98 Å². The number of aryl methyl sites for hydroxylation is 4. The van der Waals surface area contributed by atoms with E-state index in [1.54, 1.807) is 17.0 Å². The Hall–Kier alpha value is -2.95. The number of carbonyl (C=O) groups excluding carboxylic acids is 1. The van der Waals surface area contributed by atoms with Gasteiger partial charge in [0.2, 0.25) is 5.91 Å². The van der Waals surface area contributed by atoms with Crippen molar-refractivity contribution < 1.29 is 4.79 Å². The van der Waals surface area contributed by atoms with Gasteiger partial charge in [0.25, 0.3) is 5.56 Å². The molecule has 31 heavy (non-hydrogen) atoms. The van der Waals surface area contributed by atoms with Crippen molar-refractivity contribution in [1.82, 2.24) is 14.5 Å². The number of nitrogens with zero attached hydrogens (tertiary/aromatic N) is 3. The molecule has 0 saturated carbocycles. The molecule has 1 fully saturated rings. The van der Waals surface area contributed by atoms with Crippen molar-refractivity contribution in [1.29, 1.82) is 0 Å². The maximum atomic E-state index is 12.7. The molecule has 162 valence electrons. The third-order valence-electron chi connectivity index (χ3n) is 6.55. The van der Waals surface area contributed by atoms with Crippen molar-refractivity contribution in [2.45, 2.75) is 52.5 Å². The van der Waals surface area contributed by atoms with E-state index in [-0.39, 0.29) is 11.5 Å². The molecule has 1 amide bonds. The molecule has 0 spiro atoms. The van der Waals surface area contributed by atoms with Crippen molar-refractivity contribution in [3.05, 3.63) is 75.8 Å². The lowest BCUT2D eigenvalue weighted by Gasteiger charge is -2.32. The van der Waals surface area contributed by atoms with E-state index in [4.69, 9.17) is 0 Å². The Morgan fingerprint density at radius 3 is 2.55 bits per heavy atom. The standard InChI is InChI=1S/C26H31N3O2/c1-19-6-8-21(9-7-19)10-11-22-12-15-28(16-13-22)24(30)14-17-29-18-27-25-20(2)4-3-5-23(25)26(29)31/h3-9,18,22H,10-17H2,1-2H3. The van der Waals surface area contributed by atoms with Crippen molar-refractivity contribution in [3.63, 3.8) is 0 Å². The Bertz CT molecular complexity index is 1110. The number of likely N-dealkylation sites (tertiary alicyclic amines) is 1. The fourth-order valence-electron chi connectivity index (χ4n) is 4.47. The highest BCUT2D eigenvalue weighted by molar-refractivity contribution is 5.80. The zero-order valence-electron chi connectivity index (χ0n) is 18.5. The third-order valence-corrected chi connectivity index (χ3v) is 6.55. The molecule has 3 aromatic rings. The Morgan fingerprint density at radius 2 is 1.81 bits per heavy atom. The highest BCUT2D eigenvalue weighted by Crippen LogP contribution is 2.23. The van der Waals surface area contributed by atoms with Crippen LogP contribution in [-0.2, 0) is 17.8 Å². The molecule has 5 nitrogen and oxygen atoms in total. The van der Waals surface area contributed by atoms with Gasteiger partial charge < -0.3 is 4.90 Å². The summed E-state index contributed by atoms with van der Waals surface area (Å²) in [4.78, 5) is 31.8. The molecule has 0 atom stereocenters. The van der Waals surface area contributed by atoms with Gasteiger partial charge in [-0.15, -0.1) is 0 Å². The van der Waals surface area contributed by atoms with Gasteiger partial charge in [-0.05, 0) is 62.6 Å². The minimum atomic E-state index is -0.0729. The predicted octanol–water partition coefficient (Wildman–Crippen LogP) is 4.27. The fourth-order valence-corrected chi connectivity index (χ4v) is 4.47. The normalized spacial score (nSPS) is 14.8. The average molecular weight is 418 g/mol. The monoisotopic (exact) mass is 417 g/mol. The topological polar surface area (TPSA) is 55.2 Å². The van der Waals surface area contributed by atoms with E-state index in [0.29, 0.717) is 24.3 Å². The maximum Gasteiger partial charge on any atom is 0.261 e. The number of hydrogen-bond donors (Lipinski definition) is 0. The van der Waals surface area contributed by atoms with Crippen LogP contribution in [0.4, 0.5) is 0 Å². The largest absolute Gasteiger partial charge is 0.343 e. The Morgan fingerprint density at radius 1 is 1.06 bits per heavy atom. The SMILES string of the molecule is Cc1ccc(CCC2CCN(C(=O)CCn3cnc4c(C)cccc4c3=O)CC2)cc1. The van der Waals surface area contributed by atoms with Crippen molar-refractivity contribution in [3.8, 4) is 0 Å². The Labute approximate surface area is 183 Å². The lowest BCUT2D eigenvalue weighted by molar-refractivity contribution is -0.132. The van der Waals surface area contributed by atoms with E-state index in [9.17, 15) is 9.59 Å². The summed E-state index contributed by atoms with van der Waals surface area (Å²) >= 11 is 0. The zero-order chi connectivity index (χ0) is 21.8. The smallest absolute Gasteiger partial charge is 0.261 e. The van der Waals surface area contributed by atoms with E-state index in [1.165, 1.54) is 17.5 Å². The molecule has 1 saturated heterocycles. The molecule has 0 unspecified atom stereocenters. The number of benzene rings is 2. The van der Waals surface area contributed by atoms with Gasteiger partial charge in [-0.1, -0.05) is 42.0 Å². The summed E-state index contributed by atoms with van der Waals surface area (Å²) in [6, 6.07) is 14.4. The van der Waals surface area contributed by atoms with Gasteiger partial charge in [0.1, 0.15) is 0 Å². The summed E-state index contributed by atoms with van der Waals surface area (Å²) in [5.41, 5.74) is 4.35. The lowest BCUT2D eigenvalue weighted by atomic mass is 9.90. The molecule has 2 aromatic carbocycles. The predicted molar refractivity (Wildman–Crippen MR) is 124 cm³/mol. The molecular formula is C26H31N3O2. The van der Waals surface area contributed by atoms with Crippen LogP contribution in [0.3, 0.4) is 0 Å². The molecule has 0 aliphatic carbocycles. The van der Waals surface area contributed by atoms with E-state index >= 15 is 0 Å². The van der Waals surface area contributed by atoms with Crippen LogP contribution in [0.2, 0.25) is 0 Å². The van der Waals surface area contributed by atoms with E-state index < -0.39 is 0 Å². The van der Waals surface area contributed by atoms with Gasteiger partial charge in [0.05, 0.1) is 17.2 Å². The Balaban J connectivity index is 1.27. The molecule has 4 rings (SSSR count). The van der Waals surface area contributed by atoms with Crippen LogP contribution in [0.25, 0.3) is 10.9 Å². The van der Waals surface area contributed by atoms with Crippen molar-refractivity contribution in [2.75, 3.05) is 13.1 Å². The second kappa shape index (κ2) is 9.46. The number of carbonyl (C=O) groups is 1. The third kappa shape index (κ3) is 5.04. The van der Waals surface area contributed by atoms with E-state index in [2.05, 4.69) is 36.2 Å². The molecule has 1 aromatic heterocycles. The first-order chi connectivity index (χ1) is 15.0. The van der Waals surface area contributed by atoms with Gasteiger partial charge in [0.15, 0.2) is 0 Å². The van der Waals surface area contributed by atoms with Crippen LogP contribution in [-0.4, -0.2) is 33.4 Å². The first-order valence-corrected chi connectivity index (χ1v) is 11.3. The summed E-state index contributed by atoms with van der Waals surface area (Å²) in [6.07, 6.45) is 6.33. The molecule has 0 N–H and O–H groups in total. The number of amides is 1. The second-order valence-corrected chi connectivity index (χ2v) is 8.81. The summed E-state index contributed by atoms with van der Waals surface area (Å²) in [5, 5.41) is 0.615. The highest BCUT2D eigenvalue weighted by atomic mass is 16.2. The first kappa shape index (κ1) is 21.3. The summed E-state index contributed by atoms with van der Waals surface area (Å²) in [5.74, 6) is 0.814. The van der Waals surface area contributed by atoms with Crippen LogP contribution in [0.1, 0.15) is 42.4 Å². The summed E-state index contributed by atoms with van der Waals surface area (Å²) < 4.78 is 1.56. The molecule has 0 radical (unpaired) electrons. The highest BCUT2D eigenvalue weighted by Gasteiger charge is 2.22. The molecule has 1 aliphatic heterocycles. The van der Waals surface area contributed by atoms with Crippen LogP contribution in [0.15, 0.2) is 53.6 Å². The van der Waals surface area contributed by atoms with Crippen molar-refractivity contribution in [2.24, 2.45) is 5.92 Å². The fraction of sp³-hybridized carbons (Fsp3) is 0.423. The number of aromatic nitrogens is 2. The quantitative estimate of drug-likeness (QED) is 0.602. The van der Waals surface area contributed by atoms with Gasteiger partial charge in [-0.3, -0.25) is 14.2 Å². The first-order valence-electron chi connectivity index (χ1n) is 11.3. The number of piperidine rings is 1. The van der Waals surface area contributed by atoms with Crippen LogP contribution >= 0.6 is 0 Å². The average Bonchev–Trinajstić information content (AvgIpc) is 2.79. The summed E-state index contributed by atoms with van der Waals surface area (Å²) in [6.45, 7) is 6.09. The summed E-state index contributed by atoms with van der Waals surface area (Å²) in [7, 11) is 0. The number of fused-ring (bicyclic) bond motifs is 1. The van der Waals surface area contributed by atoms with Gasteiger partial charge in [-0.2, -0.15) is 0 Å². The van der Waals surface area contributed by atoms with Gasteiger partial charge >= 0.3 is 0 Å². The van der Waals surface area contributed by atoms with Crippen LogP contribution < -0.4 is 5.56 Å². The zero-order valence-corrected chi connectivity index (χ0v) is 18.5. The van der Waals surface area contributed by atoms with Crippen LogP contribution in [0.5, 0.6) is 0 Å². The number of hydrogen-bond acceptors (Lipinski definition) is 3. The Kier molecular flexibility index (Phi) is 6.50. The van der Waals surface area contributed by atoms with Gasteiger partial charge in [0, 0.05) is 26.1 Å². The number of rotatable bonds is 6. The van der Waals surface area contributed by atoms with Crippen LogP contribution in [0, 0.1) is 19.8 Å². The minimum absolute atomic E-state index is 0.0729. The molecular weight excluding hydrogens is 386 g/mol. The lowest BCUT2D eigenvalue weighted by Crippen LogP contribution is -2.39. The molecule has 5 heteroatoms. The number of para-hydroxylation sites is 1. The molecule has 1 aliphatic rings.